The van der Waals surface area contributed by atoms with Crippen LogP contribution in [0.2, 0.25) is 0 Å². The van der Waals surface area contributed by atoms with Crippen molar-refractivity contribution in [1.29, 1.82) is 0 Å². The molecule has 0 saturated carbocycles. The number of methoxy groups -OCH3 is 1. The fourth-order valence-electron chi connectivity index (χ4n) is 3.36. The lowest BCUT2D eigenvalue weighted by atomic mass is 9.92. The number of nitrogens with zero attached hydrogens (tertiary/aromatic N) is 2. The third kappa shape index (κ3) is 2.98. The Morgan fingerprint density at radius 1 is 1.29 bits per heavy atom. The molecular formula is C18H25N3O3. The molecule has 2 heterocycles. The molecule has 0 bridgehead atoms. The van der Waals surface area contributed by atoms with Crippen LogP contribution in [0.15, 0.2) is 24.3 Å². The van der Waals surface area contributed by atoms with Gasteiger partial charge in [-0.3, -0.25) is 9.69 Å². The Labute approximate surface area is 142 Å². The first-order valence-corrected chi connectivity index (χ1v) is 8.45. The molecule has 1 N–H and O–H groups in total. The van der Waals surface area contributed by atoms with Crippen LogP contribution >= 0.6 is 0 Å². The number of hydrogen-bond donors (Lipinski definition) is 1. The van der Waals surface area contributed by atoms with E-state index in [1.807, 2.05) is 18.2 Å². The zero-order valence-electron chi connectivity index (χ0n) is 14.5. The fourth-order valence-corrected chi connectivity index (χ4v) is 3.36. The highest BCUT2D eigenvalue weighted by Crippen LogP contribution is 2.31. The molecule has 130 valence electrons. The van der Waals surface area contributed by atoms with Gasteiger partial charge in [0.2, 0.25) is 0 Å². The van der Waals surface area contributed by atoms with Gasteiger partial charge in [0.05, 0.1) is 13.8 Å². The number of piperidine rings is 1. The second-order valence-corrected chi connectivity index (χ2v) is 6.96. The highest BCUT2D eigenvalue weighted by Gasteiger charge is 2.49. The Morgan fingerprint density at radius 2 is 2.00 bits per heavy atom. The monoisotopic (exact) mass is 331 g/mol. The molecule has 2 aliphatic rings. The molecule has 0 spiro atoms. The van der Waals surface area contributed by atoms with Crippen molar-refractivity contribution in [3.8, 4) is 5.75 Å². The van der Waals surface area contributed by atoms with Gasteiger partial charge in [0.15, 0.2) is 0 Å². The van der Waals surface area contributed by atoms with Crippen LogP contribution in [0, 0.1) is 5.92 Å². The van der Waals surface area contributed by atoms with Gasteiger partial charge in [0, 0.05) is 13.1 Å². The standard InChI is InChI=1S/C18H25N3O3/c1-13-7-9-20(10-8-13)12-21-16(22)18(2,19-17(21)23)14-5-4-6-15(11-14)24-3/h4-6,11,13H,7-10,12H2,1-3H3,(H,19,23)/t18-/m1/s1. The van der Waals surface area contributed by atoms with Crippen LogP contribution in [0.5, 0.6) is 5.75 Å². The van der Waals surface area contributed by atoms with Gasteiger partial charge in [-0.25, -0.2) is 9.69 Å². The van der Waals surface area contributed by atoms with Gasteiger partial charge in [-0.15, -0.1) is 0 Å². The van der Waals surface area contributed by atoms with Crippen molar-refractivity contribution in [2.75, 3.05) is 26.9 Å². The number of benzene rings is 1. The van der Waals surface area contributed by atoms with Gasteiger partial charge in [-0.05, 0) is 43.4 Å². The summed E-state index contributed by atoms with van der Waals surface area (Å²) in [4.78, 5) is 28.9. The summed E-state index contributed by atoms with van der Waals surface area (Å²) < 4.78 is 5.23. The van der Waals surface area contributed by atoms with Gasteiger partial charge in [0.25, 0.3) is 5.91 Å². The van der Waals surface area contributed by atoms with E-state index in [2.05, 4.69) is 17.1 Å². The maximum absolute atomic E-state index is 13.0. The van der Waals surface area contributed by atoms with Crippen LogP contribution in [-0.2, 0) is 10.3 Å². The van der Waals surface area contributed by atoms with E-state index in [1.165, 1.54) is 4.90 Å². The van der Waals surface area contributed by atoms with Gasteiger partial charge in [-0.1, -0.05) is 19.1 Å². The van der Waals surface area contributed by atoms with Crippen molar-refractivity contribution >= 4 is 11.9 Å². The van der Waals surface area contributed by atoms with E-state index in [-0.39, 0.29) is 11.9 Å². The lowest BCUT2D eigenvalue weighted by Gasteiger charge is -2.32. The summed E-state index contributed by atoms with van der Waals surface area (Å²) in [5.74, 6) is 1.17. The van der Waals surface area contributed by atoms with E-state index >= 15 is 0 Å². The van der Waals surface area contributed by atoms with Crippen LogP contribution in [0.3, 0.4) is 0 Å². The number of rotatable bonds is 4. The SMILES string of the molecule is COc1cccc([C@@]2(C)NC(=O)N(CN3CCC(C)CC3)C2=O)c1. The Morgan fingerprint density at radius 3 is 2.67 bits per heavy atom. The first-order chi connectivity index (χ1) is 11.4. The summed E-state index contributed by atoms with van der Waals surface area (Å²) in [6, 6.07) is 6.95. The second kappa shape index (κ2) is 6.43. The van der Waals surface area contributed by atoms with Crippen molar-refractivity contribution in [1.82, 2.24) is 15.1 Å². The van der Waals surface area contributed by atoms with E-state index < -0.39 is 5.54 Å². The molecule has 0 radical (unpaired) electrons. The van der Waals surface area contributed by atoms with Crippen LogP contribution in [0.4, 0.5) is 4.79 Å². The lowest BCUT2D eigenvalue weighted by Crippen LogP contribution is -2.46. The van der Waals surface area contributed by atoms with Crippen molar-refractivity contribution in [2.24, 2.45) is 5.92 Å². The molecular weight excluding hydrogens is 306 g/mol. The predicted octanol–water partition coefficient (Wildman–Crippen LogP) is 2.15. The number of ether oxygens (including phenoxy) is 1. The molecule has 6 nitrogen and oxygen atoms in total. The average molecular weight is 331 g/mol. The van der Waals surface area contributed by atoms with Crippen LogP contribution in [0.25, 0.3) is 0 Å². The summed E-state index contributed by atoms with van der Waals surface area (Å²) in [5.41, 5.74) is -0.315. The minimum atomic E-state index is -1.05. The number of likely N-dealkylation sites (tertiary alicyclic amines) is 1. The predicted molar refractivity (Wildman–Crippen MR) is 90.6 cm³/mol. The zero-order valence-corrected chi connectivity index (χ0v) is 14.5. The molecule has 1 atom stereocenters. The Bertz CT molecular complexity index is 640. The number of urea groups is 1. The van der Waals surface area contributed by atoms with E-state index in [0.29, 0.717) is 18.3 Å². The number of carbonyl (C=O) groups is 2. The summed E-state index contributed by atoms with van der Waals surface area (Å²) in [5, 5.41) is 2.85. The van der Waals surface area contributed by atoms with Crippen molar-refractivity contribution in [3.63, 3.8) is 0 Å². The number of imide groups is 1. The normalized spacial score (nSPS) is 25.9. The third-order valence-corrected chi connectivity index (χ3v) is 5.14. The van der Waals surface area contributed by atoms with Gasteiger partial charge < -0.3 is 10.1 Å². The molecule has 3 amide bonds. The van der Waals surface area contributed by atoms with Gasteiger partial charge in [0.1, 0.15) is 11.3 Å². The summed E-state index contributed by atoms with van der Waals surface area (Å²) in [6.07, 6.45) is 2.22. The Balaban J connectivity index is 1.77. The zero-order chi connectivity index (χ0) is 17.3. The third-order valence-electron chi connectivity index (χ3n) is 5.14. The molecule has 2 fully saturated rings. The molecule has 0 aromatic heterocycles. The molecule has 1 aromatic carbocycles. The largest absolute Gasteiger partial charge is 0.497 e. The number of amides is 3. The summed E-state index contributed by atoms with van der Waals surface area (Å²) in [7, 11) is 1.58. The molecule has 24 heavy (non-hydrogen) atoms. The number of nitrogens with one attached hydrogen (secondary N) is 1. The van der Waals surface area contributed by atoms with Crippen LogP contribution in [0.1, 0.15) is 32.3 Å². The summed E-state index contributed by atoms with van der Waals surface area (Å²) in [6.45, 7) is 6.20. The van der Waals surface area contributed by atoms with E-state index in [4.69, 9.17) is 4.74 Å². The first kappa shape index (κ1) is 16.8. The van der Waals surface area contributed by atoms with Gasteiger partial charge in [-0.2, -0.15) is 0 Å². The Hall–Kier alpha value is -2.08. The molecule has 6 heteroatoms. The van der Waals surface area contributed by atoms with Gasteiger partial charge >= 0.3 is 6.03 Å². The summed E-state index contributed by atoms with van der Waals surface area (Å²) >= 11 is 0. The molecule has 3 rings (SSSR count). The van der Waals surface area contributed by atoms with Crippen molar-refractivity contribution in [2.45, 2.75) is 32.2 Å². The quantitative estimate of drug-likeness (QED) is 0.859. The molecule has 2 saturated heterocycles. The number of carbonyl (C=O) groups excluding carboxylic acids is 2. The smallest absolute Gasteiger partial charge is 0.326 e. The highest BCUT2D eigenvalue weighted by molar-refractivity contribution is 6.07. The van der Waals surface area contributed by atoms with Crippen LogP contribution < -0.4 is 10.1 Å². The van der Waals surface area contributed by atoms with Crippen molar-refractivity contribution in [3.05, 3.63) is 29.8 Å². The molecule has 1 aromatic rings. The molecule has 0 aliphatic carbocycles. The topological polar surface area (TPSA) is 61.9 Å². The highest BCUT2D eigenvalue weighted by atomic mass is 16.5. The van der Waals surface area contributed by atoms with E-state index in [0.717, 1.165) is 31.5 Å². The van der Waals surface area contributed by atoms with E-state index in [9.17, 15) is 9.59 Å². The average Bonchev–Trinajstić information content (AvgIpc) is 2.81. The first-order valence-electron chi connectivity index (χ1n) is 8.45. The fraction of sp³-hybridized carbons (Fsp3) is 0.556. The Kier molecular flexibility index (Phi) is 4.49. The van der Waals surface area contributed by atoms with E-state index in [1.54, 1.807) is 20.1 Å². The maximum Gasteiger partial charge on any atom is 0.326 e. The maximum atomic E-state index is 13.0. The minimum absolute atomic E-state index is 0.209. The van der Waals surface area contributed by atoms with Crippen LogP contribution in [-0.4, -0.2) is 48.6 Å². The molecule has 0 unspecified atom stereocenters. The van der Waals surface area contributed by atoms with Crippen molar-refractivity contribution < 1.29 is 14.3 Å². The molecule has 2 aliphatic heterocycles. The minimum Gasteiger partial charge on any atom is -0.497 e. The second-order valence-electron chi connectivity index (χ2n) is 6.96. The number of hydrogen-bond acceptors (Lipinski definition) is 4. The lowest BCUT2D eigenvalue weighted by molar-refractivity contribution is -0.132.